The lowest BCUT2D eigenvalue weighted by atomic mass is 10.00. The normalized spacial score (nSPS) is 15.2. The second-order valence-corrected chi connectivity index (χ2v) is 14.6. The maximum atomic E-state index is 12.4. The number of imide groups is 1. The first-order valence-electron chi connectivity index (χ1n) is 17.4. The fourth-order valence-electron chi connectivity index (χ4n) is 6.72. The number of fused-ring (bicyclic) bond motifs is 3. The van der Waals surface area contributed by atoms with Crippen LogP contribution in [0.25, 0.3) is 5.00 Å². The van der Waals surface area contributed by atoms with Crippen LogP contribution in [-0.2, 0) is 29.2 Å². The highest BCUT2D eigenvalue weighted by Gasteiger charge is 2.31. The summed E-state index contributed by atoms with van der Waals surface area (Å²) < 4.78 is 3.99. The third-order valence-corrected chi connectivity index (χ3v) is 11.0. The van der Waals surface area contributed by atoms with E-state index in [1.54, 1.807) is 23.6 Å². The summed E-state index contributed by atoms with van der Waals surface area (Å²) in [5.74, 6) is 7.76. The van der Waals surface area contributed by atoms with Crippen molar-refractivity contribution in [3.05, 3.63) is 110 Å². The molecule has 2 N–H and O–H groups in total. The quantitative estimate of drug-likeness (QED) is 0.0784. The Bertz CT molecular complexity index is 2290. The van der Waals surface area contributed by atoms with Gasteiger partial charge in [0, 0.05) is 59.7 Å². The third-order valence-electron chi connectivity index (χ3n) is 9.53. The van der Waals surface area contributed by atoms with Crippen LogP contribution in [0.15, 0.2) is 59.9 Å². The third kappa shape index (κ3) is 7.71. The van der Waals surface area contributed by atoms with Crippen LogP contribution in [0.4, 0.5) is 5.69 Å². The number of aliphatic imine (C=N–C) groups is 1. The van der Waals surface area contributed by atoms with Gasteiger partial charge in [-0.15, -0.1) is 21.5 Å². The van der Waals surface area contributed by atoms with Gasteiger partial charge < -0.3 is 5.32 Å². The molecule has 1 fully saturated rings. The second kappa shape index (κ2) is 15.7. The first kappa shape index (κ1) is 36.0. The van der Waals surface area contributed by atoms with Crippen molar-refractivity contribution in [2.45, 2.75) is 65.2 Å². The number of rotatable bonds is 11. The molecule has 2 amide bonds. The monoisotopic (exact) mass is 747 g/mol. The molecule has 1 saturated heterocycles. The summed E-state index contributed by atoms with van der Waals surface area (Å²) in [7, 11) is 1.84. The fraction of sp³-hybridized carbons (Fsp3) is 0.308. The number of nitrogens with one attached hydrogen (secondary N) is 2. The van der Waals surface area contributed by atoms with Crippen LogP contribution in [0.2, 0.25) is 5.02 Å². The van der Waals surface area contributed by atoms with Gasteiger partial charge >= 0.3 is 0 Å². The summed E-state index contributed by atoms with van der Waals surface area (Å²) in [5, 5.41) is 20.8. The first-order chi connectivity index (χ1) is 25.7. The number of thiophene rings is 1. The highest BCUT2D eigenvalue weighted by atomic mass is 35.5. The molecule has 0 aliphatic carbocycles. The average Bonchev–Trinajstić information content (AvgIpc) is 3.81. The van der Waals surface area contributed by atoms with Gasteiger partial charge in [0.2, 0.25) is 11.8 Å². The van der Waals surface area contributed by atoms with Gasteiger partial charge in [-0.2, -0.15) is 5.10 Å². The van der Waals surface area contributed by atoms with Crippen molar-refractivity contribution in [1.82, 2.24) is 34.8 Å². The predicted molar refractivity (Wildman–Crippen MR) is 205 cm³/mol. The number of benzene rings is 2. The molecule has 12 nitrogen and oxygen atoms in total. The van der Waals surface area contributed by atoms with E-state index in [1.807, 2.05) is 66.1 Å². The summed E-state index contributed by atoms with van der Waals surface area (Å²) in [6, 6.07) is 12.9. The van der Waals surface area contributed by atoms with Crippen LogP contribution in [0.5, 0.6) is 0 Å². The molecule has 270 valence electrons. The lowest BCUT2D eigenvalue weighted by Gasteiger charge is -2.30. The first-order valence-corrected chi connectivity index (χ1v) is 18.6. The summed E-state index contributed by atoms with van der Waals surface area (Å²) in [5.41, 5.74) is 7.03. The summed E-state index contributed by atoms with van der Waals surface area (Å²) in [6.45, 7) is 6.28. The number of piperidine rings is 1. The molecule has 14 heteroatoms. The number of aldehydes is 1. The van der Waals surface area contributed by atoms with Crippen molar-refractivity contribution in [1.29, 1.82) is 0 Å². The molecule has 1 atom stereocenters. The van der Waals surface area contributed by atoms with Gasteiger partial charge in [-0.3, -0.25) is 38.8 Å². The molecule has 2 aliphatic heterocycles. The minimum Gasteiger partial charge on any atom is -0.385 e. The number of hydrogen-bond donors (Lipinski definition) is 2. The molecule has 5 aromatic rings. The molecule has 0 spiro atoms. The van der Waals surface area contributed by atoms with Crippen LogP contribution in [0.1, 0.15) is 80.4 Å². The van der Waals surface area contributed by atoms with Crippen molar-refractivity contribution in [3.8, 4) is 16.8 Å². The highest BCUT2D eigenvalue weighted by molar-refractivity contribution is 7.15. The molecule has 53 heavy (non-hydrogen) atoms. The second-order valence-electron chi connectivity index (χ2n) is 13.2. The number of anilines is 1. The van der Waals surface area contributed by atoms with E-state index in [2.05, 4.69) is 49.3 Å². The van der Waals surface area contributed by atoms with E-state index in [-0.39, 0.29) is 11.8 Å². The van der Waals surface area contributed by atoms with Crippen LogP contribution in [0.3, 0.4) is 0 Å². The van der Waals surface area contributed by atoms with E-state index in [9.17, 15) is 14.4 Å². The molecule has 0 radical (unpaired) electrons. The smallest absolute Gasteiger partial charge is 0.243 e. The van der Waals surface area contributed by atoms with Gasteiger partial charge in [0.25, 0.3) is 0 Å². The van der Waals surface area contributed by atoms with E-state index < -0.39 is 6.04 Å². The highest BCUT2D eigenvalue weighted by Crippen LogP contribution is 2.36. The topological polar surface area (TPSA) is 139 Å². The van der Waals surface area contributed by atoms with Crippen LogP contribution >= 0.6 is 22.9 Å². The Morgan fingerprint density at radius 2 is 1.94 bits per heavy atom. The number of halogens is 1. The lowest BCUT2D eigenvalue weighted by molar-refractivity contribution is -0.137. The van der Waals surface area contributed by atoms with E-state index in [4.69, 9.17) is 16.6 Å². The number of likely N-dealkylation sites (N-methyl/N-ethyl adjacent to an activating group) is 1. The average molecular weight is 748 g/mol. The van der Waals surface area contributed by atoms with Gasteiger partial charge in [-0.1, -0.05) is 47.7 Å². The van der Waals surface area contributed by atoms with Gasteiger partial charge in [0.1, 0.15) is 23.7 Å². The molecule has 7 rings (SSSR count). The van der Waals surface area contributed by atoms with E-state index in [1.165, 1.54) is 0 Å². The van der Waals surface area contributed by atoms with Crippen molar-refractivity contribution in [3.63, 3.8) is 0 Å². The number of unbranched alkanes of at least 4 members (excludes halogenated alkanes) is 1. The van der Waals surface area contributed by atoms with Crippen molar-refractivity contribution in [2.24, 2.45) is 4.99 Å². The minimum absolute atomic E-state index is 0.250. The van der Waals surface area contributed by atoms with Crippen LogP contribution in [0, 0.1) is 25.7 Å². The predicted octanol–water partition coefficient (Wildman–Crippen LogP) is 5.49. The van der Waals surface area contributed by atoms with Gasteiger partial charge in [-0.25, -0.2) is 0 Å². The Hall–Kier alpha value is -5.42. The number of amides is 2. The molecular weight excluding hydrogens is 710 g/mol. The van der Waals surface area contributed by atoms with Gasteiger partial charge in [-0.05, 0) is 69.5 Å². The molecule has 2 aliphatic rings. The molecule has 5 heterocycles. The Morgan fingerprint density at radius 3 is 2.74 bits per heavy atom. The van der Waals surface area contributed by atoms with Crippen molar-refractivity contribution in [2.75, 3.05) is 18.9 Å². The number of carbonyl (C=O) groups excluding carboxylic acids is 3. The van der Waals surface area contributed by atoms with Crippen molar-refractivity contribution >= 4 is 52.4 Å². The van der Waals surface area contributed by atoms with Crippen LogP contribution in [-0.4, -0.2) is 72.9 Å². The van der Waals surface area contributed by atoms with Crippen molar-refractivity contribution < 1.29 is 14.4 Å². The summed E-state index contributed by atoms with van der Waals surface area (Å²) >= 11 is 7.81. The molecule has 1 unspecified atom stereocenters. The fourth-order valence-corrected chi connectivity index (χ4v) is 8.08. The zero-order valence-corrected chi connectivity index (χ0v) is 31.2. The number of nitrogens with zero attached hydrogens (tertiary/aromatic N) is 7. The number of aryl methyl sites for hydroxylation is 2. The maximum Gasteiger partial charge on any atom is 0.243 e. The lowest BCUT2D eigenvalue weighted by Crippen LogP contribution is -2.51. The van der Waals surface area contributed by atoms with E-state index >= 15 is 0 Å². The zero-order chi connectivity index (χ0) is 37.1. The van der Waals surface area contributed by atoms with Gasteiger partial charge in [0.05, 0.1) is 28.4 Å². The minimum atomic E-state index is -0.428. The van der Waals surface area contributed by atoms with E-state index in [0.29, 0.717) is 43.1 Å². The molecule has 2 aromatic carbocycles. The van der Waals surface area contributed by atoms with Crippen LogP contribution < -0.4 is 10.6 Å². The standard InChI is InChI=1S/C39H38ClN9O3S/c1-24-33(53-39-36(24)37(27-10-12-29(40)13-11-27)42-20-34-46-45-25(2)49(34)39)15-9-26-19-43-48(21-26)18-5-4-17-41-31-8-6-7-28(23-50)30(31)22-47(3)32-14-16-35(51)44-38(32)52/h6-8,10-13,19,21,23,32,41H,4-5,14,16-18,20,22H2,1-3H3,(H,44,51,52). The molecule has 0 saturated carbocycles. The molecular formula is C39H38ClN9O3S. The summed E-state index contributed by atoms with van der Waals surface area (Å²) in [6.07, 6.45) is 7.10. The summed E-state index contributed by atoms with van der Waals surface area (Å²) in [4.78, 5) is 43.7. The molecule has 0 bridgehead atoms. The SMILES string of the molecule is Cc1c(C#Cc2cnn(CCCCNc3cccc(C=O)c3CN(C)C3CCC(=O)NC3=O)c2)sc2c1C(c1ccc(Cl)cc1)=NCc1nnc(C)n1-2. The number of aromatic nitrogens is 5. The maximum absolute atomic E-state index is 12.4. The molecule has 3 aromatic heterocycles. The van der Waals surface area contributed by atoms with Gasteiger partial charge in [0.15, 0.2) is 5.82 Å². The Morgan fingerprint density at radius 1 is 1.11 bits per heavy atom. The zero-order valence-electron chi connectivity index (χ0n) is 29.6. The number of hydrogen-bond acceptors (Lipinski definition) is 10. The Labute approximate surface area is 316 Å². The Balaban J connectivity index is 0.990. The number of carbonyl (C=O) groups is 3. The van der Waals surface area contributed by atoms with E-state index in [0.717, 1.165) is 86.4 Å². The largest absolute Gasteiger partial charge is 0.385 e. The Kier molecular flexibility index (Phi) is 10.6.